The average molecular weight is 491 g/mol. The Balaban J connectivity index is 1.20. The molecule has 1 aliphatic rings. The molecule has 4 aromatic rings. The molecule has 0 radical (unpaired) electrons. The molecule has 2 aromatic heterocycles. The molecular formula is C26H27ClN6O2. The summed E-state index contributed by atoms with van der Waals surface area (Å²) in [5.41, 5.74) is 2.22. The van der Waals surface area contributed by atoms with E-state index in [9.17, 15) is 0 Å². The third kappa shape index (κ3) is 5.00. The second kappa shape index (κ2) is 9.65. The number of fused-ring (bicyclic) bond motifs is 1. The van der Waals surface area contributed by atoms with Crippen LogP contribution in [-0.4, -0.2) is 52.9 Å². The van der Waals surface area contributed by atoms with E-state index in [0.717, 1.165) is 40.9 Å². The van der Waals surface area contributed by atoms with Gasteiger partial charge in [0.05, 0.1) is 22.4 Å². The Bertz CT molecular complexity index is 1330. The van der Waals surface area contributed by atoms with Gasteiger partial charge in [-0.2, -0.15) is 4.98 Å². The van der Waals surface area contributed by atoms with Crippen LogP contribution in [0.1, 0.15) is 12.8 Å². The number of methoxy groups -OCH3 is 1. The number of nitrogens with zero attached hydrogens (tertiary/aromatic N) is 4. The highest BCUT2D eigenvalue weighted by atomic mass is 35.5. The van der Waals surface area contributed by atoms with Crippen LogP contribution < -0.4 is 15.4 Å². The molecule has 1 aliphatic carbocycles. The van der Waals surface area contributed by atoms with Gasteiger partial charge in [-0.15, -0.1) is 0 Å². The largest absolute Gasteiger partial charge is 0.490 e. The number of aromatic nitrogens is 3. The molecule has 8 nitrogen and oxygen atoms in total. The number of pyridine rings is 1. The maximum atomic E-state index is 6.21. The number of nitrogens with one attached hydrogen (secondary N) is 2. The summed E-state index contributed by atoms with van der Waals surface area (Å²) in [6.07, 6.45) is 5.25. The lowest BCUT2D eigenvalue weighted by molar-refractivity contribution is -0.204. The Morgan fingerprint density at radius 1 is 1.00 bits per heavy atom. The van der Waals surface area contributed by atoms with E-state index in [1.54, 1.807) is 25.6 Å². The lowest BCUT2D eigenvalue weighted by atomic mass is 9.83. The monoisotopic (exact) mass is 490 g/mol. The summed E-state index contributed by atoms with van der Waals surface area (Å²) < 4.78 is 11.8. The second-order valence-corrected chi connectivity index (χ2v) is 9.18. The molecule has 5 rings (SSSR count). The van der Waals surface area contributed by atoms with E-state index in [4.69, 9.17) is 21.1 Å². The molecule has 180 valence electrons. The normalized spacial score (nSPS) is 19.4. The first-order valence-corrected chi connectivity index (χ1v) is 11.7. The summed E-state index contributed by atoms with van der Waals surface area (Å²) in [4.78, 5) is 15.4. The molecule has 0 spiro atoms. The van der Waals surface area contributed by atoms with Gasteiger partial charge in [-0.1, -0.05) is 23.7 Å². The molecule has 2 N–H and O–H groups in total. The molecule has 2 heterocycles. The van der Waals surface area contributed by atoms with Crippen LogP contribution in [0.15, 0.2) is 67.0 Å². The van der Waals surface area contributed by atoms with E-state index in [-0.39, 0.29) is 11.8 Å². The van der Waals surface area contributed by atoms with Gasteiger partial charge in [0.25, 0.3) is 0 Å². The minimum absolute atomic E-state index is 0.142. The van der Waals surface area contributed by atoms with Gasteiger partial charge in [-0.05, 0) is 56.6 Å². The molecule has 0 atom stereocenters. The van der Waals surface area contributed by atoms with Crippen molar-refractivity contribution in [1.29, 1.82) is 0 Å². The van der Waals surface area contributed by atoms with E-state index >= 15 is 0 Å². The summed E-state index contributed by atoms with van der Waals surface area (Å²) in [5.74, 6) is 1.96. The van der Waals surface area contributed by atoms with Gasteiger partial charge in [-0.25, -0.2) is 4.98 Å². The summed E-state index contributed by atoms with van der Waals surface area (Å²) in [6, 6.07) is 17.3. The molecule has 0 saturated heterocycles. The number of hydrogen-bond donors (Lipinski definition) is 2. The summed E-state index contributed by atoms with van der Waals surface area (Å²) in [7, 11) is 5.81. The van der Waals surface area contributed by atoms with Gasteiger partial charge in [-0.3, -0.25) is 9.88 Å². The Morgan fingerprint density at radius 3 is 2.54 bits per heavy atom. The number of anilines is 4. The van der Waals surface area contributed by atoms with E-state index < -0.39 is 0 Å². The zero-order chi connectivity index (χ0) is 24.4. The van der Waals surface area contributed by atoms with Crippen LogP contribution in [-0.2, 0) is 4.74 Å². The standard InChI is InChI=1S/C26H27ClN6O2/c1-33(2)26(34-3)14-21(15-26)35-20-9-7-18(8-10-20)31-25-28-12-11-23(32-25)30-19-13-17-5-4-6-22(27)24(17)29-16-19/h4-13,16,21H,14-15H2,1-3H3,(H2,28,30,31,32). The van der Waals surface area contributed by atoms with Gasteiger partial charge in [0, 0.05) is 37.2 Å². The topological polar surface area (TPSA) is 84.4 Å². The van der Waals surface area contributed by atoms with Gasteiger partial charge in [0.1, 0.15) is 23.4 Å². The Kier molecular flexibility index (Phi) is 6.42. The van der Waals surface area contributed by atoms with Crippen LogP contribution in [0.4, 0.5) is 23.1 Å². The highest BCUT2D eigenvalue weighted by molar-refractivity contribution is 6.35. The molecular weight excluding hydrogens is 464 g/mol. The van der Waals surface area contributed by atoms with Gasteiger partial charge >= 0.3 is 0 Å². The van der Waals surface area contributed by atoms with Crippen LogP contribution in [0.2, 0.25) is 5.02 Å². The molecule has 0 amide bonds. The van der Waals surface area contributed by atoms with E-state index in [2.05, 4.69) is 30.5 Å². The van der Waals surface area contributed by atoms with Crippen LogP contribution in [0.3, 0.4) is 0 Å². The van der Waals surface area contributed by atoms with Gasteiger partial charge < -0.3 is 20.1 Å². The van der Waals surface area contributed by atoms with Crippen molar-refractivity contribution in [2.75, 3.05) is 31.8 Å². The molecule has 0 unspecified atom stereocenters. The van der Waals surface area contributed by atoms with E-state index in [1.165, 1.54) is 0 Å². The maximum Gasteiger partial charge on any atom is 0.229 e. The lowest BCUT2D eigenvalue weighted by Crippen LogP contribution is -2.59. The van der Waals surface area contributed by atoms with Crippen LogP contribution in [0.25, 0.3) is 10.9 Å². The van der Waals surface area contributed by atoms with Crippen molar-refractivity contribution in [2.24, 2.45) is 0 Å². The van der Waals surface area contributed by atoms with Crippen LogP contribution >= 0.6 is 11.6 Å². The summed E-state index contributed by atoms with van der Waals surface area (Å²) in [5, 5.41) is 8.09. The average Bonchev–Trinajstić information content (AvgIpc) is 2.82. The number of ether oxygens (including phenoxy) is 2. The van der Waals surface area contributed by atoms with Crippen molar-refractivity contribution < 1.29 is 9.47 Å². The summed E-state index contributed by atoms with van der Waals surface area (Å²) >= 11 is 6.21. The molecule has 1 fully saturated rings. The predicted molar refractivity (Wildman–Crippen MR) is 139 cm³/mol. The fourth-order valence-electron chi connectivity index (χ4n) is 4.22. The molecule has 2 aromatic carbocycles. The zero-order valence-electron chi connectivity index (χ0n) is 19.8. The zero-order valence-corrected chi connectivity index (χ0v) is 20.6. The number of rotatable bonds is 8. The fraction of sp³-hybridized carbons (Fsp3) is 0.269. The van der Waals surface area contributed by atoms with Crippen molar-refractivity contribution in [3.8, 4) is 5.75 Å². The SMILES string of the molecule is COC1(N(C)C)CC(Oc2ccc(Nc3nccc(Nc4cnc5c(Cl)cccc5c4)n3)cc2)C1. The number of hydrogen-bond acceptors (Lipinski definition) is 8. The first-order chi connectivity index (χ1) is 16.9. The number of para-hydroxylation sites is 1. The van der Waals surface area contributed by atoms with Gasteiger partial charge in [0.2, 0.25) is 5.95 Å². The fourth-order valence-corrected chi connectivity index (χ4v) is 4.45. The highest BCUT2D eigenvalue weighted by Gasteiger charge is 2.48. The second-order valence-electron chi connectivity index (χ2n) is 8.77. The first-order valence-electron chi connectivity index (χ1n) is 11.3. The van der Waals surface area contributed by atoms with Crippen molar-refractivity contribution in [1.82, 2.24) is 19.9 Å². The van der Waals surface area contributed by atoms with E-state index in [1.807, 2.05) is 62.6 Å². The molecule has 1 saturated carbocycles. The van der Waals surface area contributed by atoms with Crippen molar-refractivity contribution >= 4 is 45.6 Å². The first kappa shape index (κ1) is 23.3. The Hall–Kier alpha value is -3.46. The van der Waals surface area contributed by atoms with Crippen molar-refractivity contribution in [3.63, 3.8) is 0 Å². The van der Waals surface area contributed by atoms with E-state index in [0.29, 0.717) is 16.8 Å². The molecule has 0 aliphatic heterocycles. The highest BCUT2D eigenvalue weighted by Crippen LogP contribution is 2.39. The van der Waals surface area contributed by atoms with Crippen LogP contribution in [0.5, 0.6) is 5.75 Å². The number of benzene rings is 2. The summed E-state index contributed by atoms with van der Waals surface area (Å²) in [6.45, 7) is 0. The third-order valence-electron chi connectivity index (χ3n) is 6.29. The Labute approximate surface area is 209 Å². The minimum atomic E-state index is -0.224. The molecule has 0 bridgehead atoms. The smallest absolute Gasteiger partial charge is 0.229 e. The van der Waals surface area contributed by atoms with Crippen molar-refractivity contribution in [2.45, 2.75) is 24.7 Å². The Morgan fingerprint density at radius 2 is 1.80 bits per heavy atom. The van der Waals surface area contributed by atoms with Gasteiger partial charge in [0.15, 0.2) is 0 Å². The van der Waals surface area contributed by atoms with Crippen LogP contribution in [0, 0.1) is 0 Å². The minimum Gasteiger partial charge on any atom is -0.490 e. The third-order valence-corrected chi connectivity index (χ3v) is 6.60. The van der Waals surface area contributed by atoms with Crippen molar-refractivity contribution in [3.05, 3.63) is 72.0 Å². The molecule has 35 heavy (non-hydrogen) atoms. The quantitative estimate of drug-likeness (QED) is 0.308. The number of halogens is 1. The molecule has 9 heteroatoms. The predicted octanol–water partition coefficient (Wildman–Crippen LogP) is 5.61. The maximum absolute atomic E-state index is 6.21. The lowest BCUT2D eigenvalue weighted by Gasteiger charge is -2.50.